The first kappa shape index (κ1) is 20.0. The number of rotatable bonds is 5. The summed E-state index contributed by atoms with van der Waals surface area (Å²) in [6.45, 7) is 1.51. The Morgan fingerprint density at radius 1 is 1.20 bits per heavy atom. The molecule has 1 saturated heterocycles. The number of carbonyl (C=O) groups is 2. The second kappa shape index (κ2) is 9.04. The monoisotopic (exact) mass is 424 g/mol. The molecule has 8 nitrogen and oxygen atoms in total. The summed E-state index contributed by atoms with van der Waals surface area (Å²) in [6, 6.07) is 10.6. The van der Waals surface area contributed by atoms with E-state index >= 15 is 0 Å². The third kappa shape index (κ3) is 4.83. The standard InChI is InChI=1S/C21H21ClN6O2/c22-18-7-5-16(6-8-18)20(30)27-10-2-4-17(13-27)19(29)25-21-24-14-28(26-21)12-15-3-1-9-23-11-15/h1,3,5-9,11,14,17H,2,4,10,12-13H2,(H,25,26,29). The highest BCUT2D eigenvalue weighted by atomic mass is 35.5. The number of halogens is 1. The Kier molecular flexibility index (Phi) is 6.04. The Morgan fingerprint density at radius 3 is 2.80 bits per heavy atom. The first-order valence-corrected chi connectivity index (χ1v) is 10.1. The van der Waals surface area contributed by atoms with Crippen molar-refractivity contribution in [3.63, 3.8) is 0 Å². The normalized spacial score (nSPS) is 16.3. The second-order valence-corrected chi connectivity index (χ2v) is 7.65. The zero-order valence-corrected chi connectivity index (χ0v) is 17.0. The van der Waals surface area contributed by atoms with Gasteiger partial charge in [0.15, 0.2) is 0 Å². The maximum absolute atomic E-state index is 12.7. The van der Waals surface area contributed by atoms with Crippen molar-refractivity contribution in [2.45, 2.75) is 19.4 Å². The van der Waals surface area contributed by atoms with Gasteiger partial charge in [-0.15, -0.1) is 5.10 Å². The number of hydrogen-bond donors (Lipinski definition) is 1. The predicted octanol–water partition coefficient (Wildman–Crippen LogP) is 2.87. The lowest BCUT2D eigenvalue weighted by Crippen LogP contribution is -2.43. The molecule has 0 radical (unpaired) electrons. The Morgan fingerprint density at radius 2 is 2.03 bits per heavy atom. The van der Waals surface area contributed by atoms with Crippen molar-refractivity contribution >= 4 is 29.4 Å². The van der Waals surface area contributed by atoms with E-state index < -0.39 is 0 Å². The van der Waals surface area contributed by atoms with Gasteiger partial charge in [0.2, 0.25) is 11.9 Å². The van der Waals surface area contributed by atoms with E-state index in [4.69, 9.17) is 11.6 Å². The fourth-order valence-corrected chi connectivity index (χ4v) is 3.60. The number of carbonyl (C=O) groups excluding carboxylic acids is 2. The number of aromatic nitrogens is 4. The van der Waals surface area contributed by atoms with Gasteiger partial charge in [-0.1, -0.05) is 17.7 Å². The van der Waals surface area contributed by atoms with Gasteiger partial charge < -0.3 is 4.90 Å². The van der Waals surface area contributed by atoms with Gasteiger partial charge in [0.1, 0.15) is 6.33 Å². The van der Waals surface area contributed by atoms with Gasteiger partial charge in [-0.2, -0.15) is 0 Å². The van der Waals surface area contributed by atoms with E-state index in [-0.39, 0.29) is 23.7 Å². The van der Waals surface area contributed by atoms with Crippen molar-refractivity contribution in [1.82, 2.24) is 24.6 Å². The van der Waals surface area contributed by atoms with Crippen molar-refractivity contribution in [2.75, 3.05) is 18.4 Å². The van der Waals surface area contributed by atoms with Crippen LogP contribution in [0.3, 0.4) is 0 Å². The Labute approximate surface area is 178 Å². The molecule has 1 aliphatic heterocycles. The fraction of sp³-hybridized carbons (Fsp3) is 0.286. The highest BCUT2D eigenvalue weighted by Gasteiger charge is 2.29. The van der Waals surface area contributed by atoms with Crippen LogP contribution in [0, 0.1) is 5.92 Å². The molecule has 9 heteroatoms. The van der Waals surface area contributed by atoms with Crippen molar-refractivity contribution in [1.29, 1.82) is 0 Å². The van der Waals surface area contributed by atoms with Crippen molar-refractivity contribution in [3.8, 4) is 0 Å². The van der Waals surface area contributed by atoms with Crippen LogP contribution in [-0.4, -0.2) is 49.6 Å². The van der Waals surface area contributed by atoms with Crippen molar-refractivity contribution in [2.24, 2.45) is 5.92 Å². The lowest BCUT2D eigenvalue weighted by Gasteiger charge is -2.31. The van der Waals surface area contributed by atoms with Crippen LogP contribution in [0.4, 0.5) is 5.95 Å². The minimum absolute atomic E-state index is 0.0944. The van der Waals surface area contributed by atoms with Crippen LogP contribution < -0.4 is 5.32 Å². The van der Waals surface area contributed by atoms with E-state index in [1.54, 1.807) is 52.6 Å². The summed E-state index contributed by atoms with van der Waals surface area (Å²) in [5.41, 5.74) is 1.56. The summed E-state index contributed by atoms with van der Waals surface area (Å²) in [4.78, 5) is 35.4. The summed E-state index contributed by atoms with van der Waals surface area (Å²) in [6.07, 6.45) is 6.52. The second-order valence-electron chi connectivity index (χ2n) is 7.21. The lowest BCUT2D eigenvalue weighted by molar-refractivity contribution is -0.121. The average molecular weight is 425 g/mol. The quantitative estimate of drug-likeness (QED) is 0.679. The number of benzene rings is 1. The molecule has 1 N–H and O–H groups in total. The number of nitrogens with one attached hydrogen (secondary N) is 1. The Bertz CT molecular complexity index is 1020. The Balaban J connectivity index is 1.35. The molecule has 2 amide bonds. The lowest BCUT2D eigenvalue weighted by atomic mass is 9.96. The highest BCUT2D eigenvalue weighted by Crippen LogP contribution is 2.21. The van der Waals surface area contributed by atoms with Crippen LogP contribution >= 0.6 is 11.6 Å². The zero-order chi connectivity index (χ0) is 20.9. The van der Waals surface area contributed by atoms with Gasteiger partial charge in [0, 0.05) is 36.1 Å². The molecule has 1 aromatic carbocycles. The number of likely N-dealkylation sites (tertiary alicyclic amines) is 1. The summed E-state index contributed by atoms with van der Waals surface area (Å²) < 4.78 is 1.64. The number of nitrogens with zero attached hydrogens (tertiary/aromatic N) is 5. The summed E-state index contributed by atoms with van der Waals surface area (Å²) in [5.74, 6) is -0.323. The maximum Gasteiger partial charge on any atom is 0.253 e. The molecule has 0 bridgehead atoms. The number of piperidine rings is 1. The SMILES string of the molecule is O=C(Nc1ncn(Cc2cccnc2)n1)C1CCCN(C(=O)c2ccc(Cl)cc2)C1. The van der Waals surface area contributed by atoms with E-state index in [1.165, 1.54) is 0 Å². The van der Waals surface area contributed by atoms with Crippen LogP contribution in [0.5, 0.6) is 0 Å². The molecule has 154 valence electrons. The minimum atomic E-state index is -0.305. The smallest absolute Gasteiger partial charge is 0.253 e. The third-order valence-corrected chi connectivity index (χ3v) is 5.26. The average Bonchev–Trinajstić information content (AvgIpc) is 3.21. The number of amides is 2. The van der Waals surface area contributed by atoms with Crippen LogP contribution in [0.15, 0.2) is 55.1 Å². The topological polar surface area (TPSA) is 93.0 Å². The molecule has 0 saturated carbocycles. The van der Waals surface area contributed by atoms with Gasteiger partial charge in [-0.25, -0.2) is 9.67 Å². The van der Waals surface area contributed by atoms with E-state index in [1.807, 2.05) is 12.1 Å². The first-order chi connectivity index (χ1) is 14.6. The summed E-state index contributed by atoms with van der Waals surface area (Å²) >= 11 is 5.90. The van der Waals surface area contributed by atoms with Crippen molar-refractivity contribution in [3.05, 3.63) is 71.3 Å². The largest absolute Gasteiger partial charge is 0.338 e. The molecule has 0 aliphatic carbocycles. The first-order valence-electron chi connectivity index (χ1n) is 9.72. The molecule has 4 rings (SSSR count). The van der Waals surface area contributed by atoms with Crippen LogP contribution in [0.2, 0.25) is 5.02 Å². The summed E-state index contributed by atoms with van der Waals surface area (Å²) in [5, 5.41) is 7.66. The molecule has 1 atom stereocenters. The fourth-order valence-electron chi connectivity index (χ4n) is 3.47. The van der Waals surface area contributed by atoms with E-state index in [0.717, 1.165) is 12.0 Å². The van der Waals surface area contributed by atoms with Gasteiger partial charge in [-0.3, -0.25) is 19.9 Å². The van der Waals surface area contributed by atoms with Crippen LogP contribution in [0.1, 0.15) is 28.8 Å². The van der Waals surface area contributed by atoms with E-state index in [0.29, 0.717) is 36.6 Å². The molecule has 2 aromatic heterocycles. The molecular formula is C21H21ClN6O2. The molecule has 1 unspecified atom stereocenters. The van der Waals surface area contributed by atoms with E-state index in [2.05, 4.69) is 20.4 Å². The van der Waals surface area contributed by atoms with Gasteiger partial charge in [0.05, 0.1) is 12.5 Å². The Hall–Kier alpha value is -3.26. The molecule has 30 heavy (non-hydrogen) atoms. The molecule has 1 aliphatic rings. The zero-order valence-electron chi connectivity index (χ0n) is 16.2. The number of pyridine rings is 1. The highest BCUT2D eigenvalue weighted by molar-refractivity contribution is 6.30. The number of anilines is 1. The maximum atomic E-state index is 12.7. The molecule has 0 spiro atoms. The van der Waals surface area contributed by atoms with Gasteiger partial charge >= 0.3 is 0 Å². The van der Waals surface area contributed by atoms with Crippen LogP contribution in [-0.2, 0) is 11.3 Å². The van der Waals surface area contributed by atoms with Crippen LogP contribution in [0.25, 0.3) is 0 Å². The minimum Gasteiger partial charge on any atom is -0.338 e. The van der Waals surface area contributed by atoms with Gasteiger partial charge in [-0.05, 0) is 48.7 Å². The molecule has 1 fully saturated rings. The molecule has 3 heterocycles. The number of hydrogen-bond acceptors (Lipinski definition) is 5. The third-order valence-electron chi connectivity index (χ3n) is 5.01. The van der Waals surface area contributed by atoms with Gasteiger partial charge in [0.25, 0.3) is 5.91 Å². The molecule has 3 aromatic rings. The van der Waals surface area contributed by atoms with E-state index in [9.17, 15) is 9.59 Å². The van der Waals surface area contributed by atoms with Crippen molar-refractivity contribution < 1.29 is 9.59 Å². The predicted molar refractivity (Wildman–Crippen MR) is 112 cm³/mol. The summed E-state index contributed by atoms with van der Waals surface area (Å²) in [7, 11) is 0. The molecular weight excluding hydrogens is 404 g/mol.